The van der Waals surface area contributed by atoms with Crippen molar-refractivity contribution in [1.82, 2.24) is 20.2 Å². The van der Waals surface area contributed by atoms with E-state index in [0.29, 0.717) is 22.5 Å². The molecule has 0 saturated heterocycles. The van der Waals surface area contributed by atoms with Gasteiger partial charge in [-0.25, -0.2) is 4.68 Å². The van der Waals surface area contributed by atoms with Gasteiger partial charge in [0.05, 0.1) is 17.1 Å². The summed E-state index contributed by atoms with van der Waals surface area (Å²) < 4.78 is 84.8. The van der Waals surface area contributed by atoms with Gasteiger partial charge in [0, 0.05) is 49.7 Å². The van der Waals surface area contributed by atoms with Gasteiger partial charge < -0.3 is 15.4 Å². The van der Waals surface area contributed by atoms with Crippen LogP contribution in [0.25, 0.3) is 5.69 Å². The van der Waals surface area contributed by atoms with Gasteiger partial charge in [-0.15, -0.1) is 5.10 Å². The van der Waals surface area contributed by atoms with Crippen LogP contribution in [0.2, 0.25) is 20.1 Å². The highest BCUT2D eigenvalue weighted by Gasteiger charge is 2.63. The first-order chi connectivity index (χ1) is 24.5. The number of halogens is 10. The normalized spacial score (nSPS) is 19.6. The Labute approximate surface area is 317 Å². The summed E-state index contributed by atoms with van der Waals surface area (Å²) in [7, 11) is 0. The van der Waals surface area contributed by atoms with Gasteiger partial charge in [0.15, 0.2) is 0 Å². The summed E-state index contributed by atoms with van der Waals surface area (Å²) in [4.78, 5) is 9.89. The molecule has 2 N–H and O–H groups in total. The van der Waals surface area contributed by atoms with Crippen LogP contribution in [0.3, 0.4) is 0 Å². The Balaban J connectivity index is 0.000000203. The maximum absolute atomic E-state index is 14.0. The second-order valence-electron chi connectivity index (χ2n) is 11.5. The fourth-order valence-corrected chi connectivity index (χ4v) is 6.50. The predicted octanol–water partition coefficient (Wildman–Crippen LogP) is 10.3. The third-order valence-corrected chi connectivity index (χ3v) is 8.96. The lowest BCUT2D eigenvalue weighted by Crippen LogP contribution is -2.42. The molecule has 1 aromatic heterocycles. The van der Waals surface area contributed by atoms with Crippen molar-refractivity contribution in [1.29, 1.82) is 0 Å². The standard InChI is InChI=1S/C17H10Cl2F3N5O.C16H11Cl2F3N2O.CH4/c18-12-5-11(6-13(19)7-12)16(17(20,21)22)8-15(24-28-16)10-1-3-14(4-2-10)27-9-23-25-26-27;17-11-5-10(6-12(18)7-11)15(16(19,20)21)8-14(23-24-15)9-1-3-13(22)4-2-9;/h1-7,9H,8H2;1-7H,8,22H2;1H4. The maximum atomic E-state index is 14.0. The zero-order chi connectivity index (χ0) is 37.5. The summed E-state index contributed by atoms with van der Waals surface area (Å²) in [5.74, 6) is 0. The van der Waals surface area contributed by atoms with E-state index in [0.717, 1.165) is 0 Å². The number of hydrogen-bond acceptors (Lipinski definition) is 8. The van der Waals surface area contributed by atoms with Crippen molar-refractivity contribution in [3.63, 3.8) is 0 Å². The average molecular weight is 819 g/mol. The number of anilines is 1. The number of aromatic nitrogens is 4. The number of oxime groups is 2. The number of rotatable bonds is 5. The lowest BCUT2D eigenvalue weighted by molar-refractivity contribution is -0.276. The van der Waals surface area contributed by atoms with Crippen LogP contribution in [-0.4, -0.2) is 44.0 Å². The fourth-order valence-electron chi connectivity index (χ4n) is 5.45. The summed E-state index contributed by atoms with van der Waals surface area (Å²) in [6.45, 7) is 0. The van der Waals surface area contributed by atoms with E-state index in [1.54, 1.807) is 48.5 Å². The highest BCUT2D eigenvalue weighted by molar-refractivity contribution is 6.35. The SMILES string of the molecule is C.FC(F)(F)C1(c2cc(Cl)cc(Cl)c2)CC(c2ccc(-n3cnnn3)cc2)=NO1.Nc1ccc(C2=NOC(c3cc(Cl)cc(Cl)c3)(C(F)(F)F)C2)cc1. The van der Waals surface area contributed by atoms with Crippen LogP contribution >= 0.6 is 46.4 Å². The second kappa shape index (κ2) is 15.0. The summed E-state index contributed by atoms with van der Waals surface area (Å²) in [5, 5.41) is 18.5. The average Bonchev–Trinajstić information content (AvgIpc) is 3.86. The lowest BCUT2D eigenvalue weighted by Gasteiger charge is -2.29. The van der Waals surface area contributed by atoms with E-state index < -0.39 is 36.4 Å². The first-order valence-corrected chi connectivity index (χ1v) is 16.3. The molecule has 0 radical (unpaired) electrons. The highest BCUT2D eigenvalue weighted by atomic mass is 35.5. The number of tetrazole rings is 1. The van der Waals surface area contributed by atoms with Crippen LogP contribution in [0.1, 0.15) is 42.5 Å². The van der Waals surface area contributed by atoms with Crippen molar-refractivity contribution in [3.8, 4) is 5.69 Å². The molecule has 2 aliphatic heterocycles. The maximum Gasteiger partial charge on any atom is 0.435 e. The third-order valence-electron chi connectivity index (χ3n) is 8.09. The molecule has 19 heteroatoms. The molecule has 0 fully saturated rings. The van der Waals surface area contributed by atoms with E-state index in [1.807, 2.05) is 0 Å². The topological polar surface area (TPSA) is 113 Å². The van der Waals surface area contributed by atoms with Crippen molar-refractivity contribution in [2.24, 2.45) is 10.3 Å². The molecule has 3 heterocycles. The van der Waals surface area contributed by atoms with E-state index in [-0.39, 0.29) is 50.1 Å². The van der Waals surface area contributed by atoms with Crippen LogP contribution in [-0.2, 0) is 20.9 Å². The van der Waals surface area contributed by atoms with Gasteiger partial charge in [-0.2, -0.15) is 26.3 Å². The van der Waals surface area contributed by atoms with Crippen LogP contribution in [0.4, 0.5) is 32.0 Å². The molecular formula is C34H25Cl4F6N7O2. The van der Waals surface area contributed by atoms with Crippen molar-refractivity contribution < 1.29 is 36.0 Å². The lowest BCUT2D eigenvalue weighted by atomic mass is 9.86. The molecule has 7 rings (SSSR count). The molecule has 2 unspecified atom stereocenters. The first-order valence-electron chi connectivity index (χ1n) is 14.8. The molecule has 4 aromatic carbocycles. The summed E-state index contributed by atoms with van der Waals surface area (Å²) in [6.07, 6.45) is -9.05. The smallest absolute Gasteiger partial charge is 0.399 e. The summed E-state index contributed by atoms with van der Waals surface area (Å²) in [5.41, 5.74) is 2.36. The van der Waals surface area contributed by atoms with E-state index in [1.165, 1.54) is 47.4 Å². The monoisotopic (exact) mass is 817 g/mol. The van der Waals surface area contributed by atoms with Gasteiger partial charge in [-0.05, 0) is 82.2 Å². The molecule has 9 nitrogen and oxygen atoms in total. The molecular weight excluding hydrogens is 794 g/mol. The Bertz CT molecular complexity index is 2110. The zero-order valence-electron chi connectivity index (χ0n) is 25.9. The van der Waals surface area contributed by atoms with E-state index in [2.05, 4.69) is 25.8 Å². The fraction of sp³-hybridized carbons (Fsp3) is 0.206. The number of benzene rings is 4. The van der Waals surface area contributed by atoms with E-state index >= 15 is 0 Å². The molecule has 2 aliphatic rings. The minimum atomic E-state index is -4.74. The molecule has 53 heavy (non-hydrogen) atoms. The summed E-state index contributed by atoms with van der Waals surface area (Å²) in [6, 6.07) is 20.4. The Morgan fingerprint density at radius 2 is 1.02 bits per heavy atom. The van der Waals surface area contributed by atoms with Gasteiger partial charge >= 0.3 is 12.4 Å². The molecule has 2 atom stereocenters. The minimum Gasteiger partial charge on any atom is -0.399 e. The van der Waals surface area contributed by atoms with Gasteiger partial charge in [-0.3, -0.25) is 0 Å². The minimum absolute atomic E-state index is 0. The zero-order valence-corrected chi connectivity index (χ0v) is 29.0. The highest BCUT2D eigenvalue weighted by Crippen LogP contribution is 2.51. The molecule has 0 aliphatic carbocycles. The van der Waals surface area contributed by atoms with Gasteiger partial charge in [0.2, 0.25) is 0 Å². The van der Waals surface area contributed by atoms with Crippen molar-refractivity contribution in [3.05, 3.63) is 134 Å². The molecule has 0 saturated carbocycles. The number of hydrogen-bond donors (Lipinski definition) is 1. The van der Waals surface area contributed by atoms with E-state index in [4.69, 9.17) is 61.8 Å². The summed E-state index contributed by atoms with van der Waals surface area (Å²) >= 11 is 23.5. The molecule has 0 bridgehead atoms. The number of nitrogens with zero attached hydrogens (tertiary/aromatic N) is 6. The number of alkyl halides is 6. The van der Waals surface area contributed by atoms with Crippen molar-refractivity contribution >= 4 is 63.5 Å². The van der Waals surface area contributed by atoms with Crippen molar-refractivity contribution in [2.75, 3.05) is 5.73 Å². The first kappa shape index (κ1) is 39.6. The van der Waals surface area contributed by atoms with Gasteiger partial charge in [0.1, 0.15) is 6.33 Å². The predicted molar refractivity (Wildman–Crippen MR) is 190 cm³/mol. The molecule has 278 valence electrons. The second-order valence-corrected chi connectivity index (χ2v) is 13.2. The van der Waals surface area contributed by atoms with Gasteiger partial charge in [-0.1, -0.05) is 88.4 Å². The Morgan fingerprint density at radius 1 is 0.623 bits per heavy atom. The van der Waals surface area contributed by atoms with E-state index in [9.17, 15) is 26.3 Å². The van der Waals surface area contributed by atoms with Crippen LogP contribution < -0.4 is 5.73 Å². The quantitative estimate of drug-likeness (QED) is 0.140. The Kier molecular flexibility index (Phi) is 11.3. The number of nitrogen functional groups attached to an aromatic ring is 1. The third kappa shape index (κ3) is 8.03. The van der Waals surface area contributed by atoms with Crippen LogP contribution in [0.15, 0.2) is 102 Å². The number of nitrogens with two attached hydrogens (primary N) is 1. The van der Waals surface area contributed by atoms with Gasteiger partial charge in [0.25, 0.3) is 11.2 Å². The van der Waals surface area contributed by atoms with Crippen LogP contribution in [0.5, 0.6) is 0 Å². The molecule has 0 spiro atoms. The molecule has 5 aromatic rings. The Hall–Kier alpha value is -4.57. The van der Waals surface area contributed by atoms with Crippen LogP contribution in [0, 0.1) is 0 Å². The van der Waals surface area contributed by atoms with Crippen molar-refractivity contribution in [2.45, 2.75) is 43.8 Å². The largest absolute Gasteiger partial charge is 0.435 e. The molecule has 0 amide bonds. The Morgan fingerprint density at radius 3 is 1.38 bits per heavy atom.